The lowest BCUT2D eigenvalue weighted by Gasteiger charge is -2.07. The molecule has 0 N–H and O–H groups in total. The maximum absolute atomic E-state index is 11.8. The molecular formula is C8H6F3O3S. The highest BCUT2D eigenvalue weighted by atomic mass is 32.2. The molecule has 0 saturated heterocycles. The van der Waals surface area contributed by atoms with Gasteiger partial charge in [-0.05, 0) is 11.6 Å². The highest BCUT2D eigenvalue weighted by molar-refractivity contribution is 7.87. The van der Waals surface area contributed by atoms with Gasteiger partial charge in [0, 0.05) is 0 Å². The van der Waals surface area contributed by atoms with Gasteiger partial charge < -0.3 is 0 Å². The van der Waals surface area contributed by atoms with Crippen molar-refractivity contribution in [3.63, 3.8) is 0 Å². The maximum atomic E-state index is 11.8. The van der Waals surface area contributed by atoms with Gasteiger partial charge in [-0.2, -0.15) is 21.6 Å². The standard InChI is InChI=1S/C8H6F3O3S/c9-8(10,11)15(12,13)14-6-7-4-2-1-3-5-7/h1-4H,6H2. The third-order valence-corrected chi connectivity index (χ3v) is 2.42. The molecule has 0 bridgehead atoms. The molecule has 0 saturated carbocycles. The van der Waals surface area contributed by atoms with Gasteiger partial charge in [-0.3, -0.25) is 4.18 Å². The topological polar surface area (TPSA) is 43.4 Å². The fraction of sp³-hybridized carbons (Fsp3) is 0.250. The molecule has 83 valence electrons. The molecule has 0 amide bonds. The zero-order chi connectivity index (χ0) is 11.5. The largest absolute Gasteiger partial charge is 0.523 e. The Bertz CT molecular complexity index is 411. The first-order chi connectivity index (χ1) is 6.83. The number of rotatable bonds is 3. The van der Waals surface area contributed by atoms with Crippen LogP contribution in [0.15, 0.2) is 24.3 Å². The lowest BCUT2D eigenvalue weighted by atomic mass is 10.2. The molecule has 0 heterocycles. The average molecular weight is 239 g/mol. The smallest absolute Gasteiger partial charge is 0.258 e. The molecule has 3 nitrogen and oxygen atoms in total. The number of alkyl halides is 3. The van der Waals surface area contributed by atoms with E-state index < -0.39 is 22.2 Å². The van der Waals surface area contributed by atoms with E-state index in [4.69, 9.17) is 0 Å². The first kappa shape index (κ1) is 12.0. The van der Waals surface area contributed by atoms with Gasteiger partial charge in [0.2, 0.25) is 0 Å². The molecule has 0 fully saturated rings. The van der Waals surface area contributed by atoms with Gasteiger partial charge in [-0.25, -0.2) is 0 Å². The van der Waals surface area contributed by atoms with Crippen LogP contribution < -0.4 is 0 Å². The monoisotopic (exact) mass is 239 g/mol. The Morgan fingerprint density at radius 2 is 2.00 bits per heavy atom. The van der Waals surface area contributed by atoms with E-state index in [1.807, 2.05) is 0 Å². The van der Waals surface area contributed by atoms with E-state index in [-0.39, 0.29) is 5.56 Å². The molecule has 1 aromatic carbocycles. The molecule has 0 unspecified atom stereocenters. The van der Waals surface area contributed by atoms with Crippen LogP contribution in [-0.4, -0.2) is 13.9 Å². The molecule has 0 aliphatic heterocycles. The zero-order valence-corrected chi connectivity index (χ0v) is 8.10. The Morgan fingerprint density at radius 3 is 2.47 bits per heavy atom. The number of halogens is 3. The summed E-state index contributed by atoms with van der Waals surface area (Å²) in [6, 6.07) is 8.52. The van der Waals surface area contributed by atoms with Gasteiger partial charge >= 0.3 is 15.6 Å². The van der Waals surface area contributed by atoms with E-state index in [1.54, 1.807) is 6.07 Å². The molecule has 0 aromatic heterocycles. The molecule has 1 aromatic rings. The quantitative estimate of drug-likeness (QED) is 0.597. The summed E-state index contributed by atoms with van der Waals surface area (Å²) in [5, 5.41) is 0. The fourth-order valence-corrected chi connectivity index (χ4v) is 1.14. The second-order valence-electron chi connectivity index (χ2n) is 2.55. The Kier molecular flexibility index (Phi) is 3.35. The van der Waals surface area contributed by atoms with Crippen molar-refractivity contribution in [2.24, 2.45) is 0 Å². The van der Waals surface area contributed by atoms with Crippen LogP contribution in [0.3, 0.4) is 0 Å². The van der Waals surface area contributed by atoms with Crippen LogP contribution in [0.4, 0.5) is 13.2 Å². The van der Waals surface area contributed by atoms with Crippen LogP contribution in [0.5, 0.6) is 0 Å². The molecular weight excluding hydrogens is 233 g/mol. The first-order valence-electron chi connectivity index (χ1n) is 3.74. The van der Waals surface area contributed by atoms with Crippen molar-refractivity contribution in [3.05, 3.63) is 35.9 Å². The van der Waals surface area contributed by atoms with Crippen LogP contribution in [0.2, 0.25) is 0 Å². The Hall–Kier alpha value is -1.08. The van der Waals surface area contributed by atoms with Crippen molar-refractivity contribution in [3.8, 4) is 0 Å². The lowest BCUT2D eigenvalue weighted by Crippen LogP contribution is -2.25. The lowest BCUT2D eigenvalue weighted by molar-refractivity contribution is -0.0547. The summed E-state index contributed by atoms with van der Waals surface area (Å²) in [7, 11) is -5.52. The van der Waals surface area contributed by atoms with Gasteiger partial charge in [0.15, 0.2) is 0 Å². The van der Waals surface area contributed by atoms with Crippen LogP contribution in [0, 0.1) is 6.07 Å². The predicted octanol–water partition coefficient (Wildman–Crippen LogP) is 1.85. The molecule has 0 spiro atoms. The van der Waals surface area contributed by atoms with E-state index in [0.717, 1.165) is 0 Å². The zero-order valence-electron chi connectivity index (χ0n) is 7.28. The summed E-state index contributed by atoms with van der Waals surface area (Å²) in [6.45, 7) is -0.678. The molecule has 7 heteroatoms. The molecule has 0 atom stereocenters. The number of hydrogen-bond donors (Lipinski definition) is 0. The molecule has 0 aliphatic rings. The molecule has 1 radical (unpaired) electrons. The van der Waals surface area contributed by atoms with Crippen molar-refractivity contribution >= 4 is 10.1 Å². The molecule has 15 heavy (non-hydrogen) atoms. The minimum Gasteiger partial charge on any atom is -0.258 e. The summed E-state index contributed by atoms with van der Waals surface area (Å²) in [5.41, 5.74) is -5.16. The summed E-state index contributed by atoms with van der Waals surface area (Å²) in [4.78, 5) is 0. The average Bonchev–Trinajstić information content (AvgIpc) is 2.15. The van der Waals surface area contributed by atoms with Crippen molar-refractivity contribution < 1.29 is 25.8 Å². The minimum atomic E-state index is -5.52. The van der Waals surface area contributed by atoms with Crippen LogP contribution in [-0.2, 0) is 20.9 Å². The number of hydrogen-bond acceptors (Lipinski definition) is 3. The third-order valence-electron chi connectivity index (χ3n) is 1.43. The Labute approximate surface area is 84.6 Å². The first-order valence-corrected chi connectivity index (χ1v) is 5.15. The second-order valence-corrected chi connectivity index (χ2v) is 4.16. The van der Waals surface area contributed by atoms with Crippen molar-refractivity contribution in [2.45, 2.75) is 12.1 Å². The molecule has 0 aliphatic carbocycles. The predicted molar refractivity (Wildman–Crippen MR) is 45.0 cm³/mol. The SMILES string of the molecule is O=S(=O)(OCc1[c]cccc1)C(F)(F)F. The van der Waals surface area contributed by atoms with Crippen LogP contribution in [0.1, 0.15) is 5.56 Å². The third kappa shape index (κ3) is 3.21. The van der Waals surface area contributed by atoms with Gasteiger partial charge in [-0.15, -0.1) is 0 Å². The minimum absolute atomic E-state index is 0.227. The van der Waals surface area contributed by atoms with E-state index >= 15 is 0 Å². The molecule has 1 rings (SSSR count). The van der Waals surface area contributed by atoms with E-state index in [0.29, 0.717) is 0 Å². The fourth-order valence-electron chi connectivity index (χ4n) is 0.728. The number of benzene rings is 1. The van der Waals surface area contributed by atoms with E-state index in [2.05, 4.69) is 10.2 Å². The maximum Gasteiger partial charge on any atom is 0.523 e. The highest BCUT2D eigenvalue weighted by Crippen LogP contribution is 2.25. The van der Waals surface area contributed by atoms with Crippen LogP contribution in [0.25, 0.3) is 0 Å². The normalized spacial score (nSPS) is 12.7. The van der Waals surface area contributed by atoms with Gasteiger partial charge in [0.25, 0.3) is 0 Å². The van der Waals surface area contributed by atoms with Gasteiger partial charge in [0.05, 0.1) is 6.61 Å². The van der Waals surface area contributed by atoms with E-state index in [1.165, 1.54) is 18.2 Å². The van der Waals surface area contributed by atoms with Crippen molar-refractivity contribution in [1.29, 1.82) is 0 Å². The summed E-state index contributed by atoms with van der Waals surface area (Å²) in [5.74, 6) is 0. The van der Waals surface area contributed by atoms with Crippen LogP contribution >= 0.6 is 0 Å². The second kappa shape index (κ2) is 4.19. The van der Waals surface area contributed by atoms with Gasteiger partial charge in [-0.1, -0.05) is 24.3 Å². The van der Waals surface area contributed by atoms with Crippen molar-refractivity contribution in [2.75, 3.05) is 0 Å². The van der Waals surface area contributed by atoms with E-state index in [9.17, 15) is 21.6 Å². The Balaban J connectivity index is 2.67. The van der Waals surface area contributed by atoms with Gasteiger partial charge in [0.1, 0.15) is 0 Å². The summed E-state index contributed by atoms with van der Waals surface area (Å²) < 4.78 is 60.2. The highest BCUT2D eigenvalue weighted by Gasteiger charge is 2.47. The van der Waals surface area contributed by atoms with Crippen molar-refractivity contribution in [1.82, 2.24) is 0 Å². The summed E-state index contributed by atoms with van der Waals surface area (Å²) >= 11 is 0. The Morgan fingerprint density at radius 1 is 1.33 bits per heavy atom. The summed E-state index contributed by atoms with van der Waals surface area (Å²) in [6.07, 6.45) is 0.